The largest absolute Gasteiger partial charge is 0.454 e. The van der Waals surface area contributed by atoms with Crippen molar-refractivity contribution in [2.45, 2.75) is 33.4 Å². The predicted molar refractivity (Wildman–Crippen MR) is 91.0 cm³/mol. The average molecular weight is 343 g/mol. The van der Waals surface area contributed by atoms with Gasteiger partial charge in [0.25, 0.3) is 5.91 Å². The van der Waals surface area contributed by atoms with Crippen molar-refractivity contribution in [2.75, 3.05) is 18.9 Å². The van der Waals surface area contributed by atoms with Crippen LogP contribution in [0.2, 0.25) is 0 Å². The van der Waals surface area contributed by atoms with Gasteiger partial charge in [0, 0.05) is 26.1 Å². The highest BCUT2D eigenvalue weighted by molar-refractivity contribution is 5.91. The van der Waals surface area contributed by atoms with Gasteiger partial charge in [0.05, 0.1) is 18.8 Å². The van der Waals surface area contributed by atoms with E-state index in [1.807, 2.05) is 6.92 Å². The molecule has 2 amide bonds. The molecule has 0 spiro atoms. The summed E-state index contributed by atoms with van der Waals surface area (Å²) in [5.74, 6) is 2.11. The second-order valence-corrected chi connectivity index (χ2v) is 5.93. The molecule has 0 saturated heterocycles. The minimum Gasteiger partial charge on any atom is -0.454 e. The Kier molecular flexibility index (Phi) is 4.69. The van der Waals surface area contributed by atoms with Gasteiger partial charge in [-0.2, -0.15) is 0 Å². The summed E-state index contributed by atoms with van der Waals surface area (Å²) >= 11 is 0. The van der Waals surface area contributed by atoms with E-state index in [1.165, 1.54) is 0 Å². The van der Waals surface area contributed by atoms with Crippen LogP contribution in [-0.4, -0.2) is 40.3 Å². The lowest BCUT2D eigenvalue weighted by Gasteiger charge is -2.28. The summed E-state index contributed by atoms with van der Waals surface area (Å²) in [5, 5.41) is 5.79. The van der Waals surface area contributed by atoms with Gasteiger partial charge in [-0.15, -0.1) is 0 Å². The Morgan fingerprint density at radius 3 is 2.84 bits per heavy atom. The fourth-order valence-electron chi connectivity index (χ4n) is 2.86. The molecule has 3 rings (SSSR count). The molecule has 1 aliphatic heterocycles. The highest BCUT2D eigenvalue weighted by Gasteiger charge is 2.23. The van der Waals surface area contributed by atoms with Crippen LogP contribution in [0, 0.1) is 6.92 Å². The average Bonchev–Trinajstić information content (AvgIpc) is 3.07. The molecule has 2 aromatic heterocycles. The summed E-state index contributed by atoms with van der Waals surface area (Å²) in [6.45, 7) is 4.97. The number of nitrogens with one attached hydrogen (secondary N) is 2. The molecule has 3 heterocycles. The predicted octanol–water partition coefficient (Wildman–Crippen LogP) is 1.25. The minimum atomic E-state index is -0.258. The van der Waals surface area contributed by atoms with Crippen molar-refractivity contribution < 1.29 is 14.0 Å². The van der Waals surface area contributed by atoms with E-state index < -0.39 is 0 Å². The van der Waals surface area contributed by atoms with Crippen molar-refractivity contribution in [1.29, 1.82) is 0 Å². The molecule has 25 heavy (non-hydrogen) atoms. The number of hydrogen-bond acceptors (Lipinski definition) is 6. The van der Waals surface area contributed by atoms with Gasteiger partial charge < -0.3 is 20.0 Å². The molecule has 0 aliphatic carbocycles. The van der Waals surface area contributed by atoms with Crippen molar-refractivity contribution in [3.05, 3.63) is 40.7 Å². The SMILES string of the molecule is CNC(=O)c1ccc(CNc2nc(C)nc3c2CCN(C(C)=O)C3)o1. The molecule has 2 aromatic rings. The summed E-state index contributed by atoms with van der Waals surface area (Å²) in [6, 6.07) is 3.40. The van der Waals surface area contributed by atoms with Crippen molar-refractivity contribution in [2.24, 2.45) is 0 Å². The highest BCUT2D eigenvalue weighted by Crippen LogP contribution is 2.24. The molecular formula is C17H21N5O3. The zero-order chi connectivity index (χ0) is 18.0. The van der Waals surface area contributed by atoms with E-state index >= 15 is 0 Å². The summed E-state index contributed by atoms with van der Waals surface area (Å²) in [6.07, 6.45) is 0.708. The maximum absolute atomic E-state index is 11.6. The van der Waals surface area contributed by atoms with Crippen LogP contribution in [0.25, 0.3) is 0 Å². The fourth-order valence-corrected chi connectivity index (χ4v) is 2.86. The quantitative estimate of drug-likeness (QED) is 0.867. The summed E-state index contributed by atoms with van der Waals surface area (Å²) in [4.78, 5) is 33.9. The molecule has 0 bridgehead atoms. The van der Waals surface area contributed by atoms with Crippen LogP contribution in [0.5, 0.6) is 0 Å². The molecule has 1 aliphatic rings. The number of carbonyl (C=O) groups excluding carboxylic acids is 2. The van der Waals surface area contributed by atoms with Gasteiger partial charge in [0.2, 0.25) is 5.91 Å². The molecule has 0 radical (unpaired) electrons. The lowest BCUT2D eigenvalue weighted by atomic mass is 10.1. The molecule has 2 N–H and O–H groups in total. The van der Waals surface area contributed by atoms with Gasteiger partial charge in [-0.1, -0.05) is 0 Å². The first kappa shape index (κ1) is 16.9. The first-order chi connectivity index (χ1) is 12.0. The Morgan fingerprint density at radius 2 is 2.12 bits per heavy atom. The number of rotatable bonds is 4. The number of aryl methyl sites for hydroxylation is 1. The fraction of sp³-hybridized carbons (Fsp3) is 0.412. The van der Waals surface area contributed by atoms with Crippen LogP contribution in [0.15, 0.2) is 16.5 Å². The Morgan fingerprint density at radius 1 is 1.32 bits per heavy atom. The first-order valence-electron chi connectivity index (χ1n) is 8.14. The molecule has 8 nitrogen and oxygen atoms in total. The van der Waals surface area contributed by atoms with Gasteiger partial charge in [-0.25, -0.2) is 9.97 Å². The van der Waals surface area contributed by atoms with Gasteiger partial charge >= 0.3 is 0 Å². The summed E-state index contributed by atoms with van der Waals surface area (Å²) in [5.41, 5.74) is 1.91. The zero-order valence-electron chi connectivity index (χ0n) is 14.5. The summed E-state index contributed by atoms with van der Waals surface area (Å²) in [7, 11) is 1.56. The van der Waals surface area contributed by atoms with E-state index in [2.05, 4.69) is 20.6 Å². The van der Waals surface area contributed by atoms with E-state index in [-0.39, 0.29) is 17.6 Å². The van der Waals surface area contributed by atoms with Crippen LogP contribution in [-0.2, 0) is 24.3 Å². The van der Waals surface area contributed by atoms with Crippen molar-refractivity contribution in [3.8, 4) is 0 Å². The molecular weight excluding hydrogens is 322 g/mol. The van der Waals surface area contributed by atoms with E-state index in [0.29, 0.717) is 37.6 Å². The maximum Gasteiger partial charge on any atom is 0.286 e. The van der Waals surface area contributed by atoms with Crippen molar-refractivity contribution >= 4 is 17.6 Å². The number of amides is 2. The van der Waals surface area contributed by atoms with Crippen LogP contribution < -0.4 is 10.6 Å². The zero-order valence-corrected chi connectivity index (χ0v) is 14.5. The van der Waals surface area contributed by atoms with Gasteiger partial charge in [0.1, 0.15) is 17.4 Å². The molecule has 0 unspecified atom stereocenters. The molecule has 0 fully saturated rings. The third-order valence-corrected chi connectivity index (χ3v) is 4.16. The van der Waals surface area contributed by atoms with Crippen LogP contribution in [0.4, 0.5) is 5.82 Å². The van der Waals surface area contributed by atoms with E-state index in [0.717, 1.165) is 17.1 Å². The second kappa shape index (κ2) is 6.92. The van der Waals surface area contributed by atoms with E-state index in [9.17, 15) is 9.59 Å². The maximum atomic E-state index is 11.6. The topological polar surface area (TPSA) is 100 Å². The van der Waals surface area contributed by atoms with Gasteiger partial charge in [-0.05, 0) is 25.5 Å². The lowest BCUT2D eigenvalue weighted by Crippen LogP contribution is -2.35. The molecule has 0 saturated carbocycles. The van der Waals surface area contributed by atoms with Crippen LogP contribution in [0.1, 0.15) is 40.3 Å². The molecule has 132 valence electrons. The molecule has 0 aromatic carbocycles. The number of hydrogen-bond donors (Lipinski definition) is 2. The minimum absolute atomic E-state index is 0.0498. The molecule has 0 atom stereocenters. The normalized spacial score (nSPS) is 13.3. The number of nitrogens with zero attached hydrogens (tertiary/aromatic N) is 3. The third-order valence-electron chi connectivity index (χ3n) is 4.16. The number of aromatic nitrogens is 2. The summed E-state index contributed by atoms with van der Waals surface area (Å²) < 4.78 is 5.51. The van der Waals surface area contributed by atoms with Crippen molar-refractivity contribution in [1.82, 2.24) is 20.2 Å². The molecule has 8 heteroatoms. The number of anilines is 1. The van der Waals surface area contributed by atoms with Crippen molar-refractivity contribution in [3.63, 3.8) is 0 Å². The third kappa shape index (κ3) is 3.62. The Bertz CT molecular complexity index is 815. The Hall–Kier alpha value is -2.90. The standard InChI is InChI=1S/C17H21N5O3/c1-10-20-14-9-22(11(2)23)7-6-13(14)16(21-10)19-8-12-4-5-15(25-12)17(24)18-3/h4-5H,6-9H2,1-3H3,(H,18,24)(H,19,20,21). The lowest BCUT2D eigenvalue weighted by molar-refractivity contribution is -0.129. The smallest absolute Gasteiger partial charge is 0.286 e. The highest BCUT2D eigenvalue weighted by atomic mass is 16.4. The Balaban J connectivity index is 1.76. The number of fused-ring (bicyclic) bond motifs is 1. The number of carbonyl (C=O) groups is 2. The van der Waals surface area contributed by atoms with Crippen LogP contribution in [0.3, 0.4) is 0 Å². The Labute approximate surface area is 145 Å². The number of furan rings is 1. The monoisotopic (exact) mass is 343 g/mol. The van der Waals surface area contributed by atoms with Gasteiger partial charge in [-0.3, -0.25) is 9.59 Å². The van der Waals surface area contributed by atoms with E-state index in [1.54, 1.807) is 31.0 Å². The second-order valence-electron chi connectivity index (χ2n) is 5.93. The van der Waals surface area contributed by atoms with E-state index in [4.69, 9.17) is 4.42 Å². The first-order valence-corrected chi connectivity index (χ1v) is 8.14. The van der Waals surface area contributed by atoms with Crippen LogP contribution >= 0.6 is 0 Å². The van der Waals surface area contributed by atoms with Gasteiger partial charge in [0.15, 0.2) is 5.76 Å².